The molecule has 1 aromatic carbocycles. The number of aromatic nitrogens is 2. The number of hydrogen-bond acceptors (Lipinski definition) is 4. The molecule has 1 heterocycles. The first-order chi connectivity index (χ1) is 9.10. The van der Waals surface area contributed by atoms with E-state index in [1.165, 1.54) is 12.4 Å². The molecular formula is C13H13BrN4O. The number of nitrogens with zero attached hydrogens (tertiary/aromatic N) is 2. The lowest BCUT2D eigenvalue weighted by atomic mass is 10.1. The second-order valence-corrected chi connectivity index (χ2v) is 4.77. The Kier molecular flexibility index (Phi) is 4.11. The summed E-state index contributed by atoms with van der Waals surface area (Å²) in [6, 6.07) is 5.46. The van der Waals surface area contributed by atoms with Crippen molar-refractivity contribution >= 4 is 33.3 Å². The van der Waals surface area contributed by atoms with Crippen LogP contribution < -0.4 is 10.6 Å². The van der Waals surface area contributed by atoms with E-state index in [2.05, 4.69) is 36.5 Å². The summed E-state index contributed by atoms with van der Waals surface area (Å²) in [4.78, 5) is 20.1. The number of aryl methyl sites for hydroxylation is 1. The summed E-state index contributed by atoms with van der Waals surface area (Å²) in [6.07, 6.45) is 3.03. The molecule has 0 aliphatic rings. The first-order valence-electron chi connectivity index (χ1n) is 5.67. The van der Waals surface area contributed by atoms with Crippen molar-refractivity contribution in [2.45, 2.75) is 6.92 Å². The maximum absolute atomic E-state index is 12.0. The molecule has 0 atom stereocenters. The predicted octanol–water partition coefficient (Wildman–Crippen LogP) is 2.84. The van der Waals surface area contributed by atoms with Crippen molar-refractivity contribution in [3.05, 3.63) is 46.3 Å². The summed E-state index contributed by atoms with van der Waals surface area (Å²) in [5.41, 5.74) is 2.60. The van der Waals surface area contributed by atoms with Gasteiger partial charge in [0.1, 0.15) is 4.60 Å². The van der Waals surface area contributed by atoms with Crippen molar-refractivity contribution in [3.63, 3.8) is 0 Å². The Balaban J connectivity index is 2.16. The largest absolute Gasteiger partial charge is 0.388 e. The van der Waals surface area contributed by atoms with E-state index in [1.54, 1.807) is 6.07 Å². The van der Waals surface area contributed by atoms with Crippen LogP contribution in [0.25, 0.3) is 0 Å². The normalized spacial score (nSPS) is 10.1. The van der Waals surface area contributed by atoms with Crippen LogP contribution in [0, 0.1) is 6.92 Å². The molecule has 0 unspecified atom stereocenters. The third-order valence-corrected chi connectivity index (χ3v) is 3.03. The summed E-state index contributed by atoms with van der Waals surface area (Å²) < 4.78 is 0.625. The fourth-order valence-electron chi connectivity index (χ4n) is 1.65. The summed E-state index contributed by atoms with van der Waals surface area (Å²) in [6.45, 7) is 1.95. The average molecular weight is 321 g/mol. The molecule has 0 saturated carbocycles. The van der Waals surface area contributed by atoms with Crippen LogP contribution >= 0.6 is 15.9 Å². The highest BCUT2D eigenvalue weighted by Crippen LogP contribution is 2.16. The Morgan fingerprint density at radius 3 is 2.63 bits per heavy atom. The fourth-order valence-corrected chi connectivity index (χ4v) is 1.86. The standard InChI is InChI=1S/C13H13BrN4O/c1-8-5-9(3-4-10(8)15-2)13(19)18-12-7-16-11(14)6-17-12/h3-7,15H,1-2H3,(H,17,18,19). The van der Waals surface area contributed by atoms with Gasteiger partial charge in [-0.2, -0.15) is 0 Å². The fraction of sp³-hybridized carbons (Fsp3) is 0.154. The number of carbonyl (C=O) groups excluding carboxylic acids is 1. The second-order valence-electron chi connectivity index (χ2n) is 3.96. The molecule has 0 aliphatic heterocycles. The van der Waals surface area contributed by atoms with Crippen molar-refractivity contribution in [1.82, 2.24) is 9.97 Å². The molecule has 98 valence electrons. The van der Waals surface area contributed by atoms with Crippen LogP contribution in [-0.4, -0.2) is 22.9 Å². The molecule has 6 heteroatoms. The summed E-state index contributed by atoms with van der Waals surface area (Å²) in [7, 11) is 1.85. The molecule has 0 spiro atoms. The van der Waals surface area contributed by atoms with Gasteiger partial charge in [0, 0.05) is 18.3 Å². The molecule has 5 nitrogen and oxygen atoms in total. The third kappa shape index (κ3) is 3.29. The number of benzene rings is 1. The van der Waals surface area contributed by atoms with Crippen molar-refractivity contribution in [1.29, 1.82) is 0 Å². The summed E-state index contributed by atoms with van der Waals surface area (Å²) >= 11 is 3.19. The van der Waals surface area contributed by atoms with Gasteiger partial charge < -0.3 is 10.6 Å². The lowest BCUT2D eigenvalue weighted by Gasteiger charge is -2.08. The van der Waals surface area contributed by atoms with E-state index in [-0.39, 0.29) is 5.91 Å². The maximum atomic E-state index is 12.0. The van der Waals surface area contributed by atoms with Crippen LogP contribution in [0.1, 0.15) is 15.9 Å². The lowest BCUT2D eigenvalue weighted by Crippen LogP contribution is -2.13. The number of nitrogens with one attached hydrogen (secondary N) is 2. The molecule has 2 rings (SSSR count). The maximum Gasteiger partial charge on any atom is 0.256 e. The molecule has 0 radical (unpaired) electrons. The van der Waals surface area contributed by atoms with Crippen LogP contribution in [0.15, 0.2) is 35.2 Å². The van der Waals surface area contributed by atoms with Crippen LogP contribution in [0.2, 0.25) is 0 Å². The predicted molar refractivity (Wildman–Crippen MR) is 78.4 cm³/mol. The lowest BCUT2D eigenvalue weighted by molar-refractivity contribution is 0.102. The Bertz CT molecular complexity index is 598. The minimum atomic E-state index is -0.206. The molecule has 1 amide bonds. The number of hydrogen-bond donors (Lipinski definition) is 2. The van der Waals surface area contributed by atoms with Gasteiger partial charge in [-0.15, -0.1) is 0 Å². The molecule has 0 fully saturated rings. The Labute approximate surface area is 119 Å². The number of halogens is 1. The van der Waals surface area contributed by atoms with E-state index in [1.807, 2.05) is 26.1 Å². The SMILES string of the molecule is CNc1ccc(C(=O)Nc2cnc(Br)cn2)cc1C. The van der Waals surface area contributed by atoms with E-state index in [4.69, 9.17) is 0 Å². The van der Waals surface area contributed by atoms with Gasteiger partial charge in [-0.25, -0.2) is 9.97 Å². The zero-order valence-electron chi connectivity index (χ0n) is 10.6. The second kappa shape index (κ2) is 5.79. The average Bonchev–Trinajstić information content (AvgIpc) is 2.41. The van der Waals surface area contributed by atoms with Crippen LogP contribution in [0.5, 0.6) is 0 Å². The minimum absolute atomic E-state index is 0.206. The molecule has 2 N–H and O–H groups in total. The van der Waals surface area contributed by atoms with Gasteiger partial charge in [-0.05, 0) is 46.6 Å². The summed E-state index contributed by atoms with van der Waals surface area (Å²) in [5, 5.41) is 5.75. The number of rotatable bonds is 3. The number of carbonyl (C=O) groups is 1. The van der Waals surface area contributed by atoms with Crippen molar-refractivity contribution in [2.75, 3.05) is 17.7 Å². The van der Waals surface area contributed by atoms with E-state index in [0.29, 0.717) is 16.0 Å². The van der Waals surface area contributed by atoms with Crippen molar-refractivity contribution in [2.24, 2.45) is 0 Å². The van der Waals surface area contributed by atoms with Crippen molar-refractivity contribution in [3.8, 4) is 0 Å². The van der Waals surface area contributed by atoms with Gasteiger partial charge in [0.25, 0.3) is 5.91 Å². The van der Waals surface area contributed by atoms with Gasteiger partial charge in [0.05, 0.1) is 12.4 Å². The van der Waals surface area contributed by atoms with Crippen molar-refractivity contribution < 1.29 is 4.79 Å². The molecule has 0 saturated heterocycles. The highest BCUT2D eigenvalue weighted by atomic mass is 79.9. The Morgan fingerprint density at radius 1 is 1.26 bits per heavy atom. The number of anilines is 2. The van der Waals surface area contributed by atoms with Gasteiger partial charge >= 0.3 is 0 Å². The minimum Gasteiger partial charge on any atom is -0.388 e. The first kappa shape index (κ1) is 13.5. The zero-order chi connectivity index (χ0) is 13.8. The highest BCUT2D eigenvalue weighted by Gasteiger charge is 2.08. The van der Waals surface area contributed by atoms with Gasteiger partial charge in [-0.3, -0.25) is 4.79 Å². The molecule has 0 bridgehead atoms. The molecular weight excluding hydrogens is 308 g/mol. The van der Waals surface area contributed by atoms with Gasteiger partial charge in [-0.1, -0.05) is 0 Å². The Morgan fingerprint density at radius 2 is 2.05 bits per heavy atom. The highest BCUT2D eigenvalue weighted by molar-refractivity contribution is 9.10. The van der Waals surface area contributed by atoms with E-state index in [0.717, 1.165) is 11.3 Å². The Hall–Kier alpha value is -1.95. The topological polar surface area (TPSA) is 66.9 Å². The smallest absolute Gasteiger partial charge is 0.256 e. The third-order valence-electron chi connectivity index (χ3n) is 2.62. The summed E-state index contributed by atoms with van der Waals surface area (Å²) in [5.74, 6) is 0.214. The first-order valence-corrected chi connectivity index (χ1v) is 6.47. The van der Waals surface area contributed by atoms with E-state index >= 15 is 0 Å². The molecule has 19 heavy (non-hydrogen) atoms. The number of amides is 1. The van der Waals surface area contributed by atoms with E-state index in [9.17, 15) is 4.79 Å². The van der Waals surface area contributed by atoms with Crippen LogP contribution in [0.3, 0.4) is 0 Å². The van der Waals surface area contributed by atoms with E-state index < -0.39 is 0 Å². The van der Waals surface area contributed by atoms with Gasteiger partial charge in [0.2, 0.25) is 0 Å². The van der Waals surface area contributed by atoms with Crippen LogP contribution in [0.4, 0.5) is 11.5 Å². The quantitative estimate of drug-likeness (QED) is 0.912. The van der Waals surface area contributed by atoms with Gasteiger partial charge in [0.15, 0.2) is 5.82 Å². The molecule has 1 aromatic heterocycles. The monoisotopic (exact) mass is 320 g/mol. The molecule has 0 aliphatic carbocycles. The zero-order valence-corrected chi connectivity index (χ0v) is 12.2. The van der Waals surface area contributed by atoms with Crippen LogP contribution in [-0.2, 0) is 0 Å². The molecule has 2 aromatic rings.